The summed E-state index contributed by atoms with van der Waals surface area (Å²) < 4.78 is 10.9. The Bertz CT molecular complexity index is 408. The van der Waals surface area contributed by atoms with Crippen LogP contribution in [-0.2, 0) is 9.53 Å². The van der Waals surface area contributed by atoms with E-state index in [0.717, 1.165) is 41.6 Å². The molecule has 1 saturated carbocycles. The lowest BCUT2D eigenvalue weighted by atomic mass is 9.80. The van der Waals surface area contributed by atoms with Crippen LogP contribution < -0.4 is 0 Å². The fourth-order valence-corrected chi connectivity index (χ4v) is 2.87. The number of carbonyl (C=O) groups excluding carboxylic acids is 1. The molecule has 0 aromatic carbocycles. The third-order valence-corrected chi connectivity index (χ3v) is 4.43. The summed E-state index contributed by atoms with van der Waals surface area (Å²) in [5.41, 5.74) is 0.991. The van der Waals surface area contributed by atoms with Gasteiger partial charge in [0.25, 0.3) is 0 Å². The van der Waals surface area contributed by atoms with Gasteiger partial charge in [0.15, 0.2) is 0 Å². The minimum atomic E-state index is -0.0844. The Morgan fingerprint density at radius 3 is 2.53 bits per heavy atom. The zero-order chi connectivity index (χ0) is 12.4. The van der Waals surface area contributed by atoms with Gasteiger partial charge in [0, 0.05) is 5.92 Å². The summed E-state index contributed by atoms with van der Waals surface area (Å²) in [5, 5.41) is 4.09. The molecule has 0 radical (unpaired) electrons. The van der Waals surface area contributed by atoms with Crippen molar-refractivity contribution in [3.63, 3.8) is 0 Å². The van der Waals surface area contributed by atoms with Crippen LogP contribution in [0.5, 0.6) is 0 Å². The topological polar surface area (TPSA) is 52.3 Å². The first-order chi connectivity index (χ1) is 8.13. The quantitative estimate of drug-likeness (QED) is 0.787. The number of aryl methyl sites for hydroxylation is 1. The molecule has 5 heteroatoms. The Hall–Kier alpha value is -0.840. The first-order valence-corrected chi connectivity index (χ1v) is 6.62. The predicted molar refractivity (Wildman–Crippen MR) is 65.7 cm³/mol. The van der Waals surface area contributed by atoms with E-state index < -0.39 is 0 Å². The normalized spacial score (nSPS) is 24.6. The van der Waals surface area contributed by atoms with Crippen molar-refractivity contribution in [1.82, 2.24) is 5.16 Å². The molecule has 0 bridgehead atoms. The van der Waals surface area contributed by atoms with Crippen molar-refractivity contribution in [2.24, 2.45) is 5.92 Å². The highest BCUT2D eigenvalue weighted by Crippen LogP contribution is 2.39. The Morgan fingerprint density at radius 1 is 1.41 bits per heavy atom. The molecular formula is C12H16BrNO3. The van der Waals surface area contributed by atoms with Crippen molar-refractivity contribution in [3.05, 3.63) is 15.9 Å². The lowest BCUT2D eigenvalue weighted by Crippen LogP contribution is -2.22. The number of hydrogen-bond acceptors (Lipinski definition) is 4. The zero-order valence-corrected chi connectivity index (χ0v) is 11.6. The van der Waals surface area contributed by atoms with Gasteiger partial charge in [-0.25, -0.2) is 0 Å². The average molecular weight is 302 g/mol. The molecular weight excluding hydrogens is 286 g/mol. The fourth-order valence-electron chi connectivity index (χ4n) is 2.40. The van der Waals surface area contributed by atoms with E-state index in [1.165, 1.54) is 7.11 Å². The monoisotopic (exact) mass is 301 g/mol. The number of nitrogens with zero attached hydrogens (tertiary/aromatic N) is 1. The molecule has 0 amide bonds. The first kappa shape index (κ1) is 12.6. The maximum Gasteiger partial charge on any atom is 0.308 e. The number of esters is 1. The molecule has 0 N–H and O–H groups in total. The number of aromatic nitrogens is 1. The molecule has 0 unspecified atom stereocenters. The molecule has 1 aromatic heterocycles. The van der Waals surface area contributed by atoms with Gasteiger partial charge in [-0.15, -0.1) is 0 Å². The molecule has 1 heterocycles. The number of ether oxygens (including phenoxy) is 1. The van der Waals surface area contributed by atoms with Gasteiger partial charge in [0.2, 0.25) is 0 Å². The molecule has 1 aliphatic carbocycles. The minimum Gasteiger partial charge on any atom is -0.469 e. The van der Waals surface area contributed by atoms with Gasteiger partial charge in [-0.3, -0.25) is 4.79 Å². The van der Waals surface area contributed by atoms with Crippen molar-refractivity contribution in [3.8, 4) is 0 Å². The van der Waals surface area contributed by atoms with Crippen LogP contribution in [0.2, 0.25) is 0 Å². The third kappa shape index (κ3) is 2.54. The van der Waals surface area contributed by atoms with Crippen LogP contribution in [-0.4, -0.2) is 18.2 Å². The van der Waals surface area contributed by atoms with E-state index in [-0.39, 0.29) is 11.9 Å². The van der Waals surface area contributed by atoms with E-state index in [9.17, 15) is 4.79 Å². The predicted octanol–water partition coefficient (Wildman–Crippen LogP) is 3.19. The second kappa shape index (κ2) is 5.21. The van der Waals surface area contributed by atoms with E-state index in [4.69, 9.17) is 9.26 Å². The van der Waals surface area contributed by atoms with Crippen LogP contribution in [0.15, 0.2) is 9.00 Å². The van der Waals surface area contributed by atoms with Gasteiger partial charge < -0.3 is 9.26 Å². The van der Waals surface area contributed by atoms with E-state index in [1.807, 2.05) is 6.92 Å². The highest BCUT2D eigenvalue weighted by atomic mass is 79.9. The lowest BCUT2D eigenvalue weighted by Gasteiger charge is -2.25. The molecule has 17 heavy (non-hydrogen) atoms. The van der Waals surface area contributed by atoms with Crippen molar-refractivity contribution in [2.75, 3.05) is 7.11 Å². The number of rotatable bonds is 2. The van der Waals surface area contributed by atoms with Crippen LogP contribution in [0.1, 0.15) is 43.1 Å². The Labute approximate surface area is 109 Å². The molecule has 0 spiro atoms. The maximum atomic E-state index is 11.4. The average Bonchev–Trinajstić information content (AvgIpc) is 2.69. The first-order valence-electron chi connectivity index (χ1n) is 5.83. The number of halogens is 1. The molecule has 1 aliphatic rings. The van der Waals surface area contributed by atoms with Crippen LogP contribution in [0.25, 0.3) is 0 Å². The number of carbonyl (C=O) groups is 1. The summed E-state index contributed by atoms with van der Waals surface area (Å²) in [6.07, 6.45) is 3.67. The molecule has 0 saturated heterocycles. The van der Waals surface area contributed by atoms with E-state index >= 15 is 0 Å². The number of methoxy groups -OCH3 is 1. The van der Waals surface area contributed by atoms with E-state index in [0.29, 0.717) is 5.92 Å². The highest BCUT2D eigenvalue weighted by Gasteiger charge is 2.30. The van der Waals surface area contributed by atoms with Gasteiger partial charge in [0.05, 0.1) is 17.5 Å². The fraction of sp³-hybridized carbons (Fsp3) is 0.667. The summed E-state index contributed by atoms with van der Waals surface area (Å²) in [5.74, 6) is 1.18. The largest absolute Gasteiger partial charge is 0.469 e. The Balaban J connectivity index is 2.00. The van der Waals surface area contributed by atoms with Crippen LogP contribution in [0.3, 0.4) is 0 Å². The SMILES string of the molecule is COC(=O)C1CCC(c2noc(C)c2Br)CC1. The van der Waals surface area contributed by atoms with Crippen LogP contribution >= 0.6 is 15.9 Å². The summed E-state index contributed by atoms with van der Waals surface area (Å²) in [6, 6.07) is 0. The van der Waals surface area contributed by atoms with Gasteiger partial charge in [-0.2, -0.15) is 0 Å². The molecule has 0 atom stereocenters. The summed E-state index contributed by atoms with van der Waals surface area (Å²) >= 11 is 3.50. The van der Waals surface area contributed by atoms with Gasteiger partial charge in [-0.05, 0) is 48.5 Å². The Morgan fingerprint density at radius 2 is 2.06 bits per heavy atom. The number of hydrogen-bond donors (Lipinski definition) is 0. The standard InChI is InChI=1S/C12H16BrNO3/c1-7-10(13)11(14-17-7)8-3-5-9(6-4-8)12(15)16-2/h8-9H,3-6H2,1-2H3. The molecule has 0 aliphatic heterocycles. The van der Waals surface area contributed by atoms with Crippen molar-refractivity contribution in [2.45, 2.75) is 38.5 Å². The lowest BCUT2D eigenvalue weighted by molar-refractivity contribution is -0.146. The van der Waals surface area contributed by atoms with Gasteiger partial charge in [-0.1, -0.05) is 5.16 Å². The van der Waals surface area contributed by atoms with Crippen molar-refractivity contribution < 1.29 is 14.1 Å². The van der Waals surface area contributed by atoms with E-state index in [2.05, 4.69) is 21.1 Å². The summed E-state index contributed by atoms with van der Waals surface area (Å²) in [6.45, 7) is 1.89. The third-order valence-electron chi connectivity index (χ3n) is 3.46. The second-order valence-corrected chi connectivity index (χ2v) is 5.30. The molecule has 1 fully saturated rings. The maximum absolute atomic E-state index is 11.4. The van der Waals surface area contributed by atoms with Crippen LogP contribution in [0.4, 0.5) is 0 Å². The summed E-state index contributed by atoms with van der Waals surface area (Å²) in [4.78, 5) is 11.4. The summed E-state index contributed by atoms with van der Waals surface area (Å²) in [7, 11) is 1.45. The molecule has 94 valence electrons. The van der Waals surface area contributed by atoms with Crippen molar-refractivity contribution >= 4 is 21.9 Å². The van der Waals surface area contributed by atoms with Crippen LogP contribution in [0, 0.1) is 12.8 Å². The highest BCUT2D eigenvalue weighted by molar-refractivity contribution is 9.10. The second-order valence-electron chi connectivity index (χ2n) is 4.51. The molecule has 2 rings (SSSR count). The molecule has 4 nitrogen and oxygen atoms in total. The van der Waals surface area contributed by atoms with Gasteiger partial charge in [0.1, 0.15) is 11.5 Å². The smallest absolute Gasteiger partial charge is 0.308 e. The zero-order valence-electron chi connectivity index (χ0n) is 10.0. The van der Waals surface area contributed by atoms with Crippen molar-refractivity contribution in [1.29, 1.82) is 0 Å². The minimum absolute atomic E-state index is 0.0584. The Kier molecular flexibility index (Phi) is 3.86. The van der Waals surface area contributed by atoms with E-state index in [1.54, 1.807) is 0 Å². The molecule has 1 aromatic rings. The van der Waals surface area contributed by atoms with Gasteiger partial charge >= 0.3 is 5.97 Å².